The lowest BCUT2D eigenvalue weighted by atomic mass is 10.2. The van der Waals surface area contributed by atoms with E-state index in [0.717, 1.165) is 28.4 Å². The number of imidazole rings is 1. The van der Waals surface area contributed by atoms with Crippen molar-refractivity contribution >= 4 is 22.6 Å². The molecular formula is C14H19ClN2. The van der Waals surface area contributed by atoms with Crippen LogP contribution >= 0.6 is 11.6 Å². The molecule has 0 bridgehead atoms. The molecule has 0 saturated carbocycles. The molecule has 0 fully saturated rings. The van der Waals surface area contributed by atoms with Gasteiger partial charge in [0.1, 0.15) is 5.82 Å². The zero-order valence-corrected chi connectivity index (χ0v) is 11.6. The monoisotopic (exact) mass is 250 g/mol. The van der Waals surface area contributed by atoms with Crippen molar-refractivity contribution in [2.45, 2.75) is 40.2 Å². The van der Waals surface area contributed by atoms with Crippen molar-refractivity contribution in [1.29, 1.82) is 0 Å². The largest absolute Gasteiger partial charge is 0.327 e. The molecule has 2 rings (SSSR count). The molecule has 0 spiro atoms. The second-order valence-corrected chi connectivity index (χ2v) is 5.70. The van der Waals surface area contributed by atoms with E-state index in [9.17, 15) is 0 Å². The van der Waals surface area contributed by atoms with Gasteiger partial charge in [0.2, 0.25) is 0 Å². The lowest BCUT2D eigenvalue weighted by molar-refractivity contribution is 0.508. The SMILES string of the molecule is CC(C)Cn1c(C(C)C)nc2ccc(Cl)cc21. The van der Waals surface area contributed by atoms with E-state index in [-0.39, 0.29) is 0 Å². The molecule has 0 saturated heterocycles. The van der Waals surface area contributed by atoms with E-state index in [1.807, 2.05) is 18.2 Å². The fraction of sp³-hybridized carbons (Fsp3) is 0.500. The van der Waals surface area contributed by atoms with Gasteiger partial charge in [-0.25, -0.2) is 4.98 Å². The van der Waals surface area contributed by atoms with E-state index in [2.05, 4.69) is 32.3 Å². The summed E-state index contributed by atoms with van der Waals surface area (Å²) in [5.74, 6) is 2.18. The lowest BCUT2D eigenvalue weighted by Crippen LogP contribution is -2.09. The van der Waals surface area contributed by atoms with Crippen molar-refractivity contribution in [2.75, 3.05) is 0 Å². The third-order valence-electron chi connectivity index (χ3n) is 2.80. The van der Waals surface area contributed by atoms with Gasteiger partial charge in [-0.3, -0.25) is 0 Å². The van der Waals surface area contributed by atoms with Gasteiger partial charge in [-0.1, -0.05) is 39.3 Å². The molecule has 3 heteroatoms. The normalized spacial score (nSPS) is 11.9. The highest BCUT2D eigenvalue weighted by molar-refractivity contribution is 6.31. The average Bonchev–Trinajstić information content (AvgIpc) is 2.56. The third-order valence-corrected chi connectivity index (χ3v) is 3.04. The fourth-order valence-corrected chi connectivity index (χ4v) is 2.28. The zero-order chi connectivity index (χ0) is 12.6. The Bertz CT molecular complexity index is 526. The van der Waals surface area contributed by atoms with E-state index < -0.39 is 0 Å². The Hall–Kier alpha value is -1.02. The van der Waals surface area contributed by atoms with Gasteiger partial charge in [-0.2, -0.15) is 0 Å². The van der Waals surface area contributed by atoms with Crippen molar-refractivity contribution in [2.24, 2.45) is 5.92 Å². The molecule has 0 atom stereocenters. The summed E-state index contributed by atoms with van der Waals surface area (Å²) in [4.78, 5) is 4.71. The number of hydrogen-bond acceptors (Lipinski definition) is 1. The van der Waals surface area contributed by atoms with E-state index in [0.29, 0.717) is 11.8 Å². The third kappa shape index (κ3) is 2.47. The molecule has 92 valence electrons. The van der Waals surface area contributed by atoms with Crippen LogP contribution in [0.3, 0.4) is 0 Å². The summed E-state index contributed by atoms with van der Waals surface area (Å²) in [6, 6.07) is 5.92. The highest BCUT2D eigenvalue weighted by Gasteiger charge is 2.14. The highest BCUT2D eigenvalue weighted by atomic mass is 35.5. The maximum Gasteiger partial charge on any atom is 0.112 e. The summed E-state index contributed by atoms with van der Waals surface area (Å²) in [5.41, 5.74) is 2.19. The summed E-state index contributed by atoms with van der Waals surface area (Å²) in [6.07, 6.45) is 0. The second kappa shape index (κ2) is 4.69. The number of benzene rings is 1. The Morgan fingerprint density at radius 2 is 1.94 bits per heavy atom. The first-order chi connectivity index (χ1) is 7.99. The predicted octanol–water partition coefficient (Wildman–Crippen LogP) is 4.47. The Balaban J connectivity index is 2.64. The van der Waals surface area contributed by atoms with Crippen LogP contribution in [0, 0.1) is 5.92 Å². The molecule has 1 aromatic carbocycles. The molecule has 0 aliphatic carbocycles. The van der Waals surface area contributed by atoms with Gasteiger partial charge in [-0.15, -0.1) is 0 Å². The predicted molar refractivity (Wildman–Crippen MR) is 73.7 cm³/mol. The average molecular weight is 251 g/mol. The van der Waals surface area contributed by atoms with Crippen LogP contribution in [0.5, 0.6) is 0 Å². The van der Waals surface area contributed by atoms with Gasteiger partial charge in [0.25, 0.3) is 0 Å². The topological polar surface area (TPSA) is 17.8 Å². The van der Waals surface area contributed by atoms with Crippen LogP contribution in [0.2, 0.25) is 5.02 Å². The van der Waals surface area contributed by atoms with E-state index in [1.165, 1.54) is 0 Å². The van der Waals surface area contributed by atoms with Crippen molar-refractivity contribution in [3.05, 3.63) is 29.0 Å². The molecule has 0 unspecified atom stereocenters. The van der Waals surface area contributed by atoms with Crippen molar-refractivity contribution in [1.82, 2.24) is 9.55 Å². The molecule has 1 aromatic heterocycles. The Morgan fingerprint density at radius 1 is 1.24 bits per heavy atom. The quantitative estimate of drug-likeness (QED) is 0.786. The summed E-state index contributed by atoms with van der Waals surface area (Å²) in [7, 11) is 0. The Labute approximate surface area is 108 Å². The standard InChI is InChI=1S/C14H19ClN2/c1-9(2)8-17-13-7-11(15)5-6-12(13)16-14(17)10(3)4/h5-7,9-10H,8H2,1-4H3. The second-order valence-electron chi connectivity index (χ2n) is 5.26. The minimum atomic E-state index is 0.430. The minimum Gasteiger partial charge on any atom is -0.327 e. The van der Waals surface area contributed by atoms with Crippen LogP contribution in [0.1, 0.15) is 39.4 Å². The van der Waals surface area contributed by atoms with E-state index >= 15 is 0 Å². The minimum absolute atomic E-state index is 0.430. The van der Waals surface area contributed by atoms with E-state index in [1.54, 1.807) is 0 Å². The van der Waals surface area contributed by atoms with Crippen LogP contribution in [-0.4, -0.2) is 9.55 Å². The number of hydrogen-bond donors (Lipinski definition) is 0. The molecule has 0 radical (unpaired) electrons. The molecule has 0 aliphatic rings. The summed E-state index contributed by atoms with van der Waals surface area (Å²) in [5, 5.41) is 0.776. The number of fused-ring (bicyclic) bond motifs is 1. The van der Waals surface area contributed by atoms with Gasteiger partial charge in [0, 0.05) is 17.5 Å². The number of rotatable bonds is 3. The van der Waals surface area contributed by atoms with Gasteiger partial charge in [0.15, 0.2) is 0 Å². The number of aromatic nitrogens is 2. The lowest BCUT2D eigenvalue weighted by Gasteiger charge is -2.13. The first-order valence-corrected chi connectivity index (χ1v) is 6.52. The van der Waals surface area contributed by atoms with Crippen LogP contribution in [-0.2, 0) is 6.54 Å². The Morgan fingerprint density at radius 3 is 2.53 bits per heavy atom. The summed E-state index contributed by atoms with van der Waals surface area (Å²) >= 11 is 6.07. The smallest absolute Gasteiger partial charge is 0.112 e. The maximum atomic E-state index is 6.07. The summed E-state index contributed by atoms with van der Waals surface area (Å²) < 4.78 is 2.30. The molecule has 2 nitrogen and oxygen atoms in total. The fourth-order valence-electron chi connectivity index (χ4n) is 2.11. The first-order valence-electron chi connectivity index (χ1n) is 6.14. The molecular weight excluding hydrogens is 232 g/mol. The van der Waals surface area contributed by atoms with Gasteiger partial charge in [0.05, 0.1) is 11.0 Å². The molecule has 17 heavy (non-hydrogen) atoms. The van der Waals surface area contributed by atoms with Crippen LogP contribution < -0.4 is 0 Å². The van der Waals surface area contributed by atoms with Crippen molar-refractivity contribution in [3.8, 4) is 0 Å². The number of nitrogens with zero attached hydrogens (tertiary/aromatic N) is 2. The number of halogens is 1. The van der Waals surface area contributed by atoms with Crippen molar-refractivity contribution in [3.63, 3.8) is 0 Å². The Kier molecular flexibility index (Phi) is 3.43. The maximum absolute atomic E-state index is 6.07. The van der Waals surface area contributed by atoms with Gasteiger partial charge in [-0.05, 0) is 24.1 Å². The van der Waals surface area contributed by atoms with Gasteiger partial charge >= 0.3 is 0 Å². The van der Waals surface area contributed by atoms with Crippen LogP contribution in [0.15, 0.2) is 18.2 Å². The highest BCUT2D eigenvalue weighted by Crippen LogP contribution is 2.25. The molecule has 0 N–H and O–H groups in total. The summed E-state index contributed by atoms with van der Waals surface area (Å²) in [6.45, 7) is 9.80. The molecule has 1 heterocycles. The molecule has 0 aliphatic heterocycles. The van der Waals surface area contributed by atoms with E-state index in [4.69, 9.17) is 16.6 Å². The van der Waals surface area contributed by atoms with Gasteiger partial charge < -0.3 is 4.57 Å². The van der Waals surface area contributed by atoms with Crippen LogP contribution in [0.25, 0.3) is 11.0 Å². The molecule has 2 aromatic rings. The van der Waals surface area contributed by atoms with Crippen molar-refractivity contribution < 1.29 is 0 Å². The van der Waals surface area contributed by atoms with Crippen LogP contribution in [0.4, 0.5) is 0 Å². The first kappa shape index (κ1) is 12.4. The zero-order valence-electron chi connectivity index (χ0n) is 10.9. The molecule has 0 amide bonds.